The van der Waals surface area contributed by atoms with Crippen molar-refractivity contribution in [1.82, 2.24) is 0 Å². The Morgan fingerprint density at radius 2 is 1.94 bits per heavy atom. The number of hydrogen-bond acceptors (Lipinski definition) is 2. The lowest BCUT2D eigenvalue weighted by molar-refractivity contribution is -0.136. The Bertz CT molecular complexity index is 533. The quantitative estimate of drug-likeness (QED) is 0.850. The van der Waals surface area contributed by atoms with Gasteiger partial charge in [0.05, 0.1) is 5.56 Å². The second-order valence-corrected chi connectivity index (χ2v) is 4.14. The smallest absolute Gasteiger partial charge is 0.417 e. The van der Waals surface area contributed by atoms with Crippen molar-refractivity contribution in [2.24, 2.45) is 0 Å². The minimum Gasteiger partial charge on any atom is -0.441 e. The SMILES string of the molecule is CNc1cc2c(C(F)(F)F)cc(Br)cc2o1. The maximum atomic E-state index is 12.7. The average Bonchev–Trinajstić information content (AvgIpc) is 2.57. The van der Waals surface area contributed by atoms with Crippen LogP contribution >= 0.6 is 15.9 Å². The molecule has 2 nitrogen and oxygen atoms in total. The summed E-state index contributed by atoms with van der Waals surface area (Å²) in [6, 6.07) is 3.88. The molecule has 1 N–H and O–H groups in total. The van der Waals surface area contributed by atoms with Crippen LogP contribution in [-0.4, -0.2) is 7.05 Å². The fraction of sp³-hybridized carbons (Fsp3) is 0.200. The van der Waals surface area contributed by atoms with E-state index in [-0.39, 0.29) is 11.0 Å². The molecule has 86 valence electrons. The van der Waals surface area contributed by atoms with Crippen LogP contribution in [0, 0.1) is 0 Å². The monoisotopic (exact) mass is 293 g/mol. The van der Waals surface area contributed by atoms with Gasteiger partial charge in [-0.05, 0) is 12.1 Å². The Morgan fingerprint density at radius 1 is 1.25 bits per heavy atom. The summed E-state index contributed by atoms with van der Waals surface area (Å²) < 4.78 is 43.7. The summed E-state index contributed by atoms with van der Waals surface area (Å²) >= 11 is 3.03. The molecule has 0 fully saturated rings. The third kappa shape index (κ3) is 1.89. The van der Waals surface area contributed by atoms with Crippen LogP contribution in [0.3, 0.4) is 0 Å². The van der Waals surface area contributed by atoms with E-state index in [9.17, 15) is 13.2 Å². The molecule has 0 atom stereocenters. The van der Waals surface area contributed by atoms with E-state index in [1.54, 1.807) is 7.05 Å². The van der Waals surface area contributed by atoms with Gasteiger partial charge in [0.25, 0.3) is 0 Å². The van der Waals surface area contributed by atoms with Gasteiger partial charge in [0.1, 0.15) is 5.58 Å². The minimum atomic E-state index is -4.39. The molecular formula is C10H7BrF3NO. The number of alkyl halides is 3. The first-order chi connectivity index (χ1) is 7.41. The fourth-order valence-corrected chi connectivity index (χ4v) is 1.90. The van der Waals surface area contributed by atoms with Crippen molar-refractivity contribution in [3.8, 4) is 0 Å². The number of benzene rings is 1. The fourth-order valence-electron chi connectivity index (χ4n) is 1.46. The Morgan fingerprint density at radius 3 is 2.50 bits per heavy atom. The predicted octanol–water partition coefficient (Wildman–Crippen LogP) is 4.26. The second-order valence-electron chi connectivity index (χ2n) is 3.22. The van der Waals surface area contributed by atoms with E-state index < -0.39 is 11.7 Å². The van der Waals surface area contributed by atoms with Crippen LogP contribution in [-0.2, 0) is 6.18 Å². The summed E-state index contributed by atoms with van der Waals surface area (Å²) in [6.07, 6.45) is -4.39. The van der Waals surface area contributed by atoms with Crippen LogP contribution in [0.15, 0.2) is 27.1 Å². The summed E-state index contributed by atoms with van der Waals surface area (Å²) in [5.74, 6) is 0.304. The van der Waals surface area contributed by atoms with Gasteiger partial charge in [0.15, 0.2) is 5.88 Å². The van der Waals surface area contributed by atoms with Gasteiger partial charge in [0.2, 0.25) is 0 Å². The average molecular weight is 294 g/mol. The Balaban J connectivity index is 2.76. The molecule has 0 amide bonds. The van der Waals surface area contributed by atoms with Crippen molar-refractivity contribution >= 4 is 32.8 Å². The third-order valence-electron chi connectivity index (χ3n) is 2.15. The van der Waals surface area contributed by atoms with Crippen LogP contribution in [0.1, 0.15) is 5.56 Å². The van der Waals surface area contributed by atoms with Gasteiger partial charge in [-0.25, -0.2) is 0 Å². The highest BCUT2D eigenvalue weighted by Crippen LogP contribution is 2.39. The highest BCUT2D eigenvalue weighted by molar-refractivity contribution is 9.10. The Labute approximate surface area is 97.6 Å². The molecule has 0 aliphatic carbocycles. The molecule has 0 unspecified atom stereocenters. The van der Waals surface area contributed by atoms with Gasteiger partial charge in [-0.3, -0.25) is 0 Å². The van der Waals surface area contributed by atoms with Crippen LogP contribution in [0.25, 0.3) is 11.0 Å². The maximum Gasteiger partial charge on any atom is 0.417 e. The van der Waals surface area contributed by atoms with Gasteiger partial charge in [-0.15, -0.1) is 0 Å². The summed E-state index contributed by atoms with van der Waals surface area (Å²) in [5, 5.41) is 2.72. The van der Waals surface area contributed by atoms with Crippen LogP contribution < -0.4 is 5.32 Å². The van der Waals surface area contributed by atoms with E-state index in [2.05, 4.69) is 21.2 Å². The van der Waals surface area contributed by atoms with Gasteiger partial charge >= 0.3 is 6.18 Å². The molecule has 1 aromatic carbocycles. The van der Waals surface area contributed by atoms with Crippen molar-refractivity contribution in [1.29, 1.82) is 0 Å². The lowest BCUT2D eigenvalue weighted by Crippen LogP contribution is -2.05. The van der Waals surface area contributed by atoms with Crippen molar-refractivity contribution in [3.63, 3.8) is 0 Å². The third-order valence-corrected chi connectivity index (χ3v) is 2.61. The van der Waals surface area contributed by atoms with E-state index >= 15 is 0 Å². The van der Waals surface area contributed by atoms with Crippen molar-refractivity contribution in [3.05, 3.63) is 28.2 Å². The zero-order valence-corrected chi connectivity index (χ0v) is 9.74. The number of anilines is 1. The highest BCUT2D eigenvalue weighted by Gasteiger charge is 2.33. The van der Waals surface area contributed by atoms with E-state index in [0.717, 1.165) is 6.07 Å². The zero-order chi connectivity index (χ0) is 11.9. The Kier molecular flexibility index (Phi) is 2.61. The molecule has 1 aromatic heterocycles. The molecule has 6 heteroatoms. The Hall–Kier alpha value is -1.17. The van der Waals surface area contributed by atoms with Crippen molar-refractivity contribution in [2.75, 3.05) is 12.4 Å². The molecule has 0 spiro atoms. The summed E-state index contributed by atoms with van der Waals surface area (Å²) in [4.78, 5) is 0. The molecule has 2 aromatic rings. The predicted molar refractivity (Wildman–Crippen MR) is 58.5 cm³/mol. The van der Waals surface area contributed by atoms with Gasteiger partial charge in [-0.2, -0.15) is 13.2 Å². The number of nitrogens with one attached hydrogen (secondary N) is 1. The molecule has 0 aliphatic heterocycles. The van der Waals surface area contributed by atoms with E-state index in [1.807, 2.05) is 0 Å². The maximum absolute atomic E-state index is 12.7. The number of rotatable bonds is 1. The highest BCUT2D eigenvalue weighted by atomic mass is 79.9. The summed E-state index contributed by atoms with van der Waals surface area (Å²) in [5.41, 5.74) is -0.506. The molecule has 2 rings (SSSR count). The first-order valence-electron chi connectivity index (χ1n) is 4.40. The summed E-state index contributed by atoms with van der Waals surface area (Å²) in [7, 11) is 1.58. The van der Waals surface area contributed by atoms with Gasteiger partial charge in [0, 0.05) is 23.0 Å². The molecule has 0 saturated heterocycles. The summed E-state index contributed by atoms with van der Waals surface area (Å²) in [6.45, 7) is 0. The molecule has 0 aliphatic rings. The van der Waals surface area contributed by atoms with E-state index in [0.29, 0.717) is 10.4 Å². The molecule has 0 bridgehead atoms. The van der Waals surface area contributed by atoms with E-state index in [1.165, 1.54) is 12.1 Å². The molecule has 16 heavy (non-hydrogen) atoms. The standard InChI is InChI=1S/C10H7BrF3NO/c1-15-9-4-6-7(10(12,13)14)2-5(11)3-8(6)16-9/h2-4,15H,1H3. The zero-order valence-electron chi connectivity index (χ0n) is 8.15. The molecule has 0 saturated carbocycles. The van der Waals surface area contributed by atoms with Crippen LogP contribution in [0.5, 0.6) is 0 Å². The molecule has 0 radical (unpaired) electrons. The molecule has 1 heterocycles. The normalized spacial score (nSPS) is 12.1. The number of hydrogen-bond donors (Lipinski definition) is 1. The lowest BCUT2D eigenvalue weighted by atomic mass is 10.1. The topological polar surface area (TPSA) is 25.2 Å². The molecular weight excluding hydrogens is 287 g/mol. The van der Waals surface area contributed by atoms with Crippen LogP contribution in [0.2, 0.25) is 0 Å². The van der Waals surface area contributed by atoms with Crippen LogP contribution in [0.4, 0.5) is 19.1 Å². The lowest BCUT2D eigenvalue weighted by Gasteiger charge is -2.07. The number of halogens is 4. The first-order valence-corrected chi connectivity index (χ1v) is 5.19. The van der Waals surface area contributed by atoms with Crippen molar-refractivity contribution in [2.45, 2.75) is 6.18 Å². The number of fused-ring (bicyclic) bond motifs is 1. The first kappa shape index (κ1) is 11.3. The van der Waals surface area contributed by atoms with E-state index in [4.69, 9.17) is 4.42 Å². The largest absolute Gasteiger partial charge is 0.441 e. The van der Waals surface area contributed by atoms with Gasteiger partial charge < -0.3 is 9.73 Å². The second kappa shape index (κ2) is 3.69. The minimum absolute atomic E-state index is 0.0556. The number of furan rings is 1. The van der Waals surface area contributed by atoms with Gasteiger partial charge in [-0.1, -0.05) is 15.9 Å². The van der Waals surface area contributed by atoms with Crippen molar-refractivity contribution < 1.29 is 17.6 Å².